The second-order valence-corrected chi connectivity index (χ2v) is 8.59. The van der Waals surface area contributed by atoms with E-state index in [2.05, 4.69) is 25.6 Å². The van der Waals surface area contributed by atoms with Gasteiger partial charge in [-0.1, -0.05) is 6.07 Å². The summed E-state index contributed by atoms with van der Waals surface area (Å²) in [6.07, 6.45) is 5.77. The lowest BCUT2D eigenvalue weighted by Gasteiger charge is -2.16. The molecule has 4 N–H and O–H groups in total. The van der Waals surface area contributed by atoms with Crippen molar-refractivity contribution < 1.29 is 23.8 Å². The third-order valence-corrected chi connectivity index (χ3v) is 6.27. The van der Waals surface area contributed by atoms with Gasteiger partial charge in [-0.2, -0.15) is 9.97 Å². The van der Waals surface area contributed by atoms with Crippen molar-refractivity contribution in [3.8, 4) is 28.5 Å². The zero-order chi connectivity index (χ0) is 25.2. The van der Waals surface area contributed by atoms with E-state index in [1.165, 1.54) is 19.2 Å². The Hall–Kier alpha value is -4.34. The highest BCUT2D eigenvalue weighted by Gasteiger charge is 2.23. The first-order chi connectivity index (χ1) is 17.5. The van der Waals surface area contributed by atoms with Crippen molar-refractivity contribution in [2.75, 3.05) is 19.5 Å². The maximum absolute atomic E-state index is 14.1. The smallest absolute Gasteiger partial charge is 0.251 e. The van der Waals surface area contributed by atoms with Crippen LogP contribution in [0, 0.1) is 5.82 Å². The fraction of sp³-hybridized carbons (Fsp3) is 0.269. The highest BCUT2D eigenvalue weighted by Crippen LogP contribution is 2.38. The summed E-state index contributed by atoms with van der Waals surface area (Å²) in [5.41, 5.74) is 2.75. The lowest BCUT2D eigenvalue weighted by atomic mass is 10.1. The number of carbonyl (C=O) groups excluding carboxylic acids is 1. The van der Waals surface area contributed by atoms with Crippen LogP contribution in [0.1, 0.15) is 36.0 Å². The van der Waals surface area contributed by atoms with E-state index in [0.29, 0.717) is 45.0 Å². The van der Waals surface area contributed by atoms with E-state index in [1.54, 1.807) is 37.5 Å². The number of phenols is 1. The molecule has 0 radical (unpaired) electrons. The Morgan fingerprint density at radius 2 is 1.97 bits per heavy atom. The molecule has 36 heavy (non-hydrogen) atoms. The van der Waals surface area contributed by atoms with Gasteiger partial charge in [0, 0.05) is 24.4 Å². The summed E-state index contributed by atoms with van der Waals surface area (Å²) < 4.78 is 25.9. The molecule has 9 nitrogen and oxygen atoms in total. The van der Waals surface area contributed by atoms with Crippen molar-refractivity contribution in [2.24, 2.45) is 0 Å². The summed E-state index contributed by atoms with van der Waals surface area (Å²) >= 11 is 0. The first-order valence-corrected chi connectivity index (χ1v) is 11.7. The molecule has 0 atom stereocenters. The average Bonchev–Trinajstić information content (AvgIpc) is 3.55. The number of benzene rings is 2. The summed E-state index contributed by atoms with van der Waals surface area (Å²) in [7, 11) is 3.08. The molecular weight excluding hydrogens is 465 g/mol. The number of hydrogen-bond donors (Lipinski definition) is 4. The predicted octanol–water partition coefficient (Wildman–Crippen LogP) is 4.90. The highest BCUT2D eigenvalue weighted by molar-refractivity contribution is 5.98. The molecule has 1 aliphatic rings. The Kier molecular flexibility index (Phi) is 6.32. The third kappa shape index (κ3) is 4.49. The number of fused-ring (bicyclic) bond motifs is 1. The minimum Gasteiger partial charge on any atom is -0.505 e. The Bertz CT molecular complexity index is 1430. The van der Waals surface area contributed by atoms with E-state index in [1.807, 2.05) is 0 Å². The maximum Gasteiger partial charge on any atom is 0.251 e. The number of phenolic OH excluding ortho intramolecular Hbond substituents is 1. The van der Waals surface area contributed by atoms with Gasteiger partial charge in [0.25, 0.3) is 5.91 Å². The van der Waals surface area contributed by atoms with Crippen LogP contribution in [0.25, 0.3) is 22.2 Å². The largest absolute Gasteiger partial charge is 0.505 e. The van der Waals surface area contributed by atoms with Crippen LogP contribution >= 0.6 is 0 Å². The highest BCUT2D eigenvalue weighted by atomic mass is 19.1. The second kappa shape index (κ2) is 9.73. The molecule has 2 aromatic heterocycles. The number of methoxy groups -OCH3 is 1. The van der Waals surface area contributed by atoms with Crippen molar-refractivity contribution in [3.05, 3.63) is 54.0 Å². The number of aromatic nitrogens is 3. The van der Waals surface area contributed by atoms with Gasteiger partial charge in [-0.3, -0.25) is 4.79 Å². The number of nitrogens with one attached hydrogen (secondary N) is 3. The third-order valence-electron chi connectivity index (χ3n) is 6.27. The van der Waals surface area contributed by atoms with Crippen molar-refractivity contribution in [1.82, 2.24) is 20.3 Å². The summed E-state index contributed by atoms with van der Waals surface area (Å²) in [6.45, 7) is 0. The molecule has 2 aromatic carbocycles. The molecule has 1 aliphatic carbocycles. The average molecular weight is 492 g/mol. The Balaban J connectivity index is 1.57. The number of hydrogen-bond acceptors (Lipinski definition) is 7. The summed E-state index contributed by atoms with van der Waals surface area (Å²) in [5.74, 6) is -0.266. The van der Waals surface area contributed by atoms with E-state index in [0.717, 1.165) is 25.7 Å². The first kappa shape index (κ1) is 23.4. The van der Waals surface area contributed by atoms with Crippen molar-refractivity contribution in [3.63, 3.8) is 0 Å². The van der Waals surface area contributed by atoms with Gasteiger partial charge in [-0.15, -0.1) is 0 Å². The molecule has 0 aliphatic heterocycles. The van der Waals surface area contributed by atoms with Crippen LogP contribution in [-0.4, -0.2) is 46.2 Å². The molecule has 0 bridgehead atoms. The van der Waals surface area contributed by atoms with Crippen LogP contribution in [0.2, 0.25) is 0 Å². The molecule has 0 unspecified atom stereocenters. The number of amides is 1. The van der Waals surface area contributed by atoms with Crippen LogP contribution < -0.4 is 20.1 Å². The quantitative estimate of drug-likeness (QED) is 0.290. The summed E-state index contributed by atoms with van der Waals surface area (Å²) in [5, 5.41) is 16.0. The number of ether oxygens (including phenoxy) is 2. The summed E-state index contributed by atoms with van der Waals surface area (Å²) in [4.78, 5) is 24.4. The van der Waals surface area contributed by atoms with E-state index in [9.17, 15) is 14.3 Å². The molecule has 4 aromatic rings. The van der Waals surface area contributed by atoms with E-state index in [4.69, 9.17) is 9.47 Å². The first-order valence-electron chi connectivity index (χ1n) is 11.7. The van der Waals surface area contributed by atoms with E-state index >= 15 is 0 Å². The Morgan fingerprint density at radius 1 is 1.17 bits per heavy atom. The number of rotatable bonds is 7. The van der Waals surface area contributed by atoms with Crippen molar-refractivity contribution in [2.45, 2.75) is 31.8 Å². The van der Waals surface area contributed by atoms with Crippen LogP contribution in [0.4, 0.5) is 16.0 Å². The Morgan fingerprint density at radius 3 is 2.69 bits per heavy atom. The number of halogens is 1. The maximum atomic E-state index is 14.1. The predicted molar refractivity (Wildman–Crippen MR) is 133 cm³/mol. The Labute approximate surface area is 206 Å². The minimum absolute atomic E-state index is 0.0247. The number of nitrogens with zero attached hydrogens (tertiary/aromatic N) is 2. The fourth-order valence-corrected chi connectivity index (χ4v) is 4.41. The van der Waals surface area contributed by atoms with Gasteiger partial charge in [0.2, 0.25) is 11.8 Å². The van der Waals surface area contributed by atoms with Crippen LogP contribution in [0.5, 0.6) is 17.4 Å². The number of H-pyrrole nitrogens is 1. The van der Waals surface area contributed by atoms with Gasteiger partial charge in [0.15, 0.2) is 11.6 Å². The molecule has 1 amide bonds. The number of aromatic hydroxyl groups is 1. The van der Waals surface area contributed by atoms with Gasteiger partial charge < -0.3 is 30.2 Å². The molecule has 0 saturated heterocycles. The molecule has 1 saturated carbocycles. The minimum atomic E-state index is -0.716. The normalized spacial score (nSPS) is 13.6. The SMILES string of the molecule is CNC(=O)c1ccc(Nc2nc(OC3CCCC3)c3c(-c4ccc(O)c(F)c4)c[nH]c3n2)c(OC)c1. The van der Waals surface area contributed by atoms with Gasteiger partial charge in [-0.25, -0.2) is 4.39 Å². The molecular formula is C26H26FN5O4. The van der Waals surface area contributed by atoms with Crippen molar-refractivity contribution >= 4 is 28.6 Å². The molecule has 1 fully saturated rings. The van der Waals surface area contributed by atoms with E-state index < -0.39 is 11.6 Å². The van der Waals surface area contributed by atoms with Crippen LogP contribution in [0.3, 0.4) is 0 Å². The molecule has 2 heterocycles. The van der Waals surface area contributed by atoms with Gasteiger partial charge >= 0.3 is 0 Å². The van der Waals surface area contributed by atoms with Crippen molar-refractivity contribution in [1.29, 1.82) is 0 Å². The van der Waals surface area contributed by atoms with Gasteiger partial charge in [0.1, 0.15) is 17.5 Å². The lowest BCUT2D eigenvalue weighted by Crippen LogP contribution is -2.17. The zero-order valence-corrected chi connectivity index (χ0v) is 19.9. The molecule has 10 heteroatoms. The standard InChI is InChI=1S/C26H26FN5O4/c1-28-24(34)15-7-9-19(21(12-15)35-2)30-26-31-23-22(25(32-26)36-16-5-3-4-6-16)17(13-29-23)14-8-10-20(33)18(27)11-14/h7-13,16,33H,3-6H2,1-2H3,(H,28,34)(H2,29,30,31,32). The van der Waals surface area contributed by atoms with Crippen LogP contribution in [-0.2, 0) is 0 Å². The van der Waals surface area contributed by atoms with Gasteiger partial charge in [0.05, 0.1) is 18.2 Å². The lowest BCUT2D eigenvalue weighted by molar-refractivity contribution is 0.0962. The molecule has 5 rings (SSSR count). The van der Waals surface area contributed by atoms with Gasteiger partial charge in [-0.05, 0) is 61.6 Å². The number of anilines is 2. The van der Waals surface area contributed by atoms with E-state index in [-0.39, 0.29) is 18.0 Å². The fourth-order valence-electron chi connectivity index (χ4n) is 4.41. The second-order valence-electron chi connectivity index (χ2n) is 8.59. The number of carbonyl (C=O) groups is 1. The summed E-state index contributed by atoms with van der Waals surface area (Å²) in [6, 6.07) is 9.22. The topological polar surface area (TPSA) is 121 Å². The number of aromatic amines is 1. The zero-order valence-electron chi connectivity index (χ0n) is 19.9. The monoisotopic (exact) mass is 491 g/mol. The molecule has 0 spiro atoms. The molecule has 186 valence electrons. The van der Waals surface area contributed by atoms with Crippen LogP contribution in [0.15, 0.2) is 42.6 Å².